The number of hydrogen-bond donors (Lipinski definition) is 1. The molecule has 1 aromatic rings. The van der Waals surface area contributed by atoms with Crippen molar-refractivity contribution in [2.45, 2.75) is 20.8 Å². The van der Waals surface area contributed by atoms with Crippen molar-refractivity contribution in [3.8, 4) is 0 Å². The molecule has 0 atom stereocenters. The quantitative estimate of drug-likeness (QED) is 0.516. The molecule has 0 unspecified atom stereocenters. The first-order valence-corrected chi connectivity index (χ1v) is 5.93. The Hall–Kier alpha value is -1.29. The summed E-state index contributed by atoms with van der Waals surface area (Å²) in [6.45, 7) is 5.33. The number of rotatable bonds is 2. The van der Waals surface area contributed by atoms with E-state index in [1.54, 1.807) is 0 Å². The summed E-state index contributed by atoms with van der Waals surface area (Å²) in [4.78, 5) is 11.6. The average molecular weight is 299 g/mol. The van der Waals surface area contributed by atoms with Crippen LogP contribution in [-0.2, 0) is 9.53 Å². The zero-order valence-corrected chi connectivity index (χ0v) is 11.9. The van der Waals surface area contributed by atoms with E-state index in [9.17, 15) is 9.90 Å². The molecule has 0 radical (unpaired) electrons. The van der Waals surface area contributed by atoms with Crippen LogP contribution < -0.4 is 0 Å². The first-order chi connectivity index (χ1) is 7.88. The van der Waals surface area contributed by atoms with Crippen LogP contribution in [0.1, 0.15) is 23.6 Å². The third-order valence-corrected chi connectivity index (χ3v) is 3.38. The number of carbonyl (C=O) groups is 1. The van der Waals surface area contributed by atoms with Crippen molar-refractivity contribution >= 4 is 27.5 Å². The first kappa shape index (κ1) is 13.8. The number of aliphatic hydroxyl groups excluding tert-OH is 1. The number of aliphatic hydroxyl groups is 1. The number of hydrogen-bond acceptors (Lipinski definition) is 3. The molecule has 0 bridgehead atoms. The van der Waals surface area contributed by atoms with Crippen LogP contribution in [0, 0.1) is 13.8 Å². The van der Waals surface area contributed by atoms with Gasteiger partial charge >= 0.3 is 5.97 Å². The Kier molecular flexibility index (Phi) is 4.34. The standard InChI is InChI=1S/C13H15BrO3/c1-7-5-8(2)11(14)6-10(7)12(9(3)15)13(16)17-4/h5-6,15H,1-4H3/b12-9+. The van der Waals surface area contributed by atoms with Gasteiger partial charge in [0.05, 0.1) is 7.11 Å². The number of benzene rings is 1. The molecule has 0 spiro atoms. The van der Waals surface area contributed by atoms with Gasteiger partial charge in [0, 0.05) is 4.47 Å². The second-order valence-corrected chi connectivity index (χ2v) is 4.72. The van der Waals surface area contributed by atoms with Gasteiger partial charge in [0.15, 0.2) is 0 Å². The highest BCUT2D eigenvalue weighted by Crippen LogP contribution is 2.28. The maximum atomic E-state index is 11.6. The molecule has 17 heavy (non-hydrogen) atoms. The van der Waals surface area contributed by atoms with E-state index >= 15 is 0 Å². The zero-order valence-electron chi connectivity index (χ0n) is 10.3. The fourth-order valence-corrected chi connectivity index (χ4v) is 1.99. The molecule has 0 aliphatic carbocycles. The highest BCUT2D eigenvalue weighted by molar-refractivity contribution is 9.10. The predicted molar refractivity (Wildman–Crippen MR) is 70.9 cm³/mol. The lowest BCUT2D eigenvalue weighted by Gasteiger charge is -2.12. The number of carbonyl (C=O) groups excluding carboxylic acids is 1. The van der Waals surface area contributed by atoms with Crippen LogP contribution in [0.3, 0.4) is 0 Å². The van der Waals surface area contributed by atoms with E-state index in [4.69, 9.17) is 0 Å². The minimum absolute atomic E-state index is 0.0456. The smallest absolute Gasteiger partial charge is 0.341 e. The topological polar surface area (TPSA) is 46.5 Å². The van der Waals surface area contributed by atoms with Gasteiger partial charge in [0.25, 0.3) is 0 Å². The van der Waals surface area contributed by atoms with Crippen LogP contribution in [0.4, 0.5) is 0 Å². The molecule has 0 saturated carbocycles. The van der Waals surface area contributed by atoms with Crippen molar-refractivity contribution in [3.63, 3.8) is 0 Å². The summed E-state index contributed by atoms with van der Waals surface area (Å²) in [6.07, 6.45) is 0. The van der Waals surface area contributed by atoms with Crippen molar-refractivity contribution in [2.75, 3.05) is 7.11 Å². The van der Waals surface area contributed by atoms with E-state index in [0.717, 1.165) is 15.6 Å². The summed E-state index contributed by atoms with van der Waals surface area (Å²) in [5.74, 6) is -0.584. The molecule has 1 N–H and O–H groups in total. The van der Waals surface area contributed by atoms with Crippen LogP contribution in [0.5, 0.6) is 0 Å². The zero-order chi connectivity index (χ0) is 13.2. The van der Waals surface area contributed by atoms with Crippen molar-refractivity contribution in [1.29, 1.82) is 0 Å². The lowest BCUT2D eigenvalue weighted by atomic mass is 9.98. The Labute approximate surface area is 109 Å². The Morgan fingerprint density at radius 1 is 1.29 bits per heavy atom. The minimum atomic E-state index is -0.538. The molecule has 3 nitrogen and oxygen atoms in total. The fraction of sp³-hybridized carbons (Fsp3) is 0.308. The van der Waals surface area contributed by atoms with Gasteiger partial charge < -0.3 is 9.84 Å². The van der Waals surface area contributed by atoms with Gasteiger partial charge in [-0.05, 0) is 43.5 Å². The van der Waals surface area contributed by atoms with Gasteiger partial charge in [-0.15, -0.1) is 0 Å². The van der Waals surface area contributed by atoms with Crippen molar-refractivity contribution < 1.29 is 14.6 Å². The molecule has 0 aliphatic rings. The SMILES string of the molecule is COC(=O)/C(=C(\C)O)c1cc(Br)c(C)cc1C. The van der Waals surface area contributed by atoms with Crippen LogP contribution in [0.2, 0.25) is 0 Å². The van der Waals surface area contributed by atoms with E-state index < -0.39 is 5.97 Å². The molecule has 0 aromatic heterocycles. The Balaban J connectivity index is 3.46. The maximum absolute atomic E-state index is 11.6. The first-order valence-electron chi connectivity index (χ1n) is 5.13. The number of methoxy groups -OCH3 is 1. The monoisotopic (exact) mass is 298 g/mol. The highest BCUT2D eigenvalue weighted by Gasteiger charge is 2.18. The summed E-state index contributed by atoms with van der Waals surface area (Å²) in [7, 11) is 1.30. The van der Waals surface area contributed by atoms with Crippen LogP contribution >= 0.6 is 15.9 Å². The number of halogens is 1. The van der Waals surface area contributed by atoms with E-state index in [1.807, 2.05) is 26.0 Å². The fourth-order valence-electron chi connectivity index (χ4n) is 1.65. The second kappa shape index (κ2) is 5.36. The minimum Gasteiger partial charge on any atom is -0.512 e. The molecule has 0 aliphatic heterocycles. The third kappa shape index (κ3) is 2.88. The summed E-state index contributed by atoms with van der Waals surface area (Å²) in [6, 6.07) is 3.77. The van der Waals surface area contributed by atoms with E-state index in [-0.39, 0.29) is 11.3 Å². The van der Waals surface area contributed by atoms with Crippen LogP contribution in [0.15, 0.2) is 22.4 Å². The number of allylic oxidation sites excluding steroid dienone is 1. The van der Waals surface area contributed by atoms with E-state index in [1.165, 1.54) is 14.0 Å². The summed E-state index contributed by atoms with van der Waals surface area (Å²) >= 11 is 3.41. The lowest BCUT2D eigenvalue weighted by Crippen LogP contribution is -2.08. The maximum Gasteiger partial charge on any atom is 0.341 e. The normalized spacial score (nSPS) is 12.1. The largest absolute Gasteiger partial charge is 0.512 e. The lowest BCUT2D eigenvalue weighted by molar-refractivity contribution is -0.133. The number of ether oxygens (including phenoxy) is 1. The number of esters is 1. The summed E-state index contributed by atoms with van der Waals surface area (Å²) in [5.41, 5.74) is 2.87. The molecular weight excluding hydrogens is 284 g/mol. The highest BCUT2D eigenvalue weighted by atomic mass is 79.9. The van der Waals surface area contributed by atoms with Gasteiger partial charge in [-0.25, -0.2) is 4.79 Å². The molecule has 0 saturated heterocycles. The van der Waals surface area contributed by atoms with E-state index in [2.05, 4.69) is 20.7 Å². The molecule has 92 valence electrons. The Bertz CT molecular complexity index is 486. The number of aryl methyl sites for hydroxylation is 2. The Morgan fingerprint density at radius 2 is 1.88 bits per heavy atom. The van der Waals surface area contributed by atoms with E-state index in [0.29, 0.717) is 5.56 Å². The summed E-state index contributed by atoms with van der Waals surface area (Å²) in [5, 5.41) is 9.62. The van der Waals surface area contributed by atoms with Crippen molar-refractivity contribution in [3.05, 3.63) is 39.1 Å². The van der Waals surface area contributed by atoms with Gasteiger partial charge in [-0.2, -0.15) is 0 Å². The van der Waals surface area contributed by atoms with Gasteiger partial charge in [0.1, 0.15) is 11.3 Å². The predicted octanol–water partition coefficient (Wildman–Crippen LogP) is 3.53. The van der Waals surface area contributed by atoms with Crippen molar-refractivity contribution in [2.24, 2.45) is 0 Å². The average Bonchev–Trinajstić information content (AvgIpc) is 2.25. The van der Waals surface area contributed by atoms with Gasteiger partial charge in [-0.1, -0.05) is 22.0 Å². The van der Waals surface area contributed by atoms with Gasteiger partial charge in [0.2, 0.25) is 0 Å². The summed E-state index contributed by atoms with van der Waals surface area (Å²) < 4.78 is 5.57. The second-order valence-electron chi connectivity index (χ2n) is 3.87. The van der Waals surface area contributed by atoms with Gasteiger partial charge in [-0.3, -0.25) is 0 Å². The molecule has 1 rings (SSSR count). The Morgan fingerprint density at radius 3 is 2.35 bits per heavy atom. The van der Waals surface area contributed by atoms with Crippen LogP contribution in [0.25, 0.3) is 5.57 Å². The molecule has 1 aromatic carbocycles. The molecule has 0 fully saturated rings. The van der Waals surface area contributed by atoms with Crippen molar-refractivity contribution in [1.82, 2.24) is 0 Å². The molecular formula is C13H15BrO3. The molecule has 0 amide bonds. The third-order valence-electron chi connectivity index (χ3n) is 2.53. The van der Waals surface area contributed by atoms with Crippen LogP contribution in [-0.4, -0.2) is 18.2 Å². The molecule has 0 heterocycles. The molecule has 4 heteroatoms.